The van der Waals surface area contributed by atoms with Gasteiger partial charge in [0.1, 0.15) is 11.4 Å². The molecule has 32 heavy (non-hydrogen) atoms. The molecule has 0 aliphatic carbocycles. The number of anilines is 3. The van der Waals surface area contributed by atoms with Crippen molar-refractivity contribution >= 4 is 34.6 Å². The fourth-order valence-corrected chi connectivity index (χ4v) is 3.73. The SMILES string of the molecule is CC(C)(C)OC(=O)N1CCC(Nc2ccc(NC=C3C(=O)Nc4cc(F)ccc43)cc2)C1. The average Bonchev–Trinajstić information content (AvgIpc) is 3.30. The molecular formula is C24H27FN4O3. The van der Waals surface area contributed by atoms with Gasteiger partial charge in [-0.05, 0) is 69.7 Å². The first kappa shape index (κ1) is 21.7. The van der Waals surface area contributed by atoms with E-state index in [0.717, 1.165) is 17.8 Å². The molecule has 2 heterocycles. The van der Waals surface area contributed by atoms with Crippen LogP contribution in [-0.2, 0) is 9.53 Å². The minimum Gasteiger partial charge on any atom is -0.444 e. The molecule has 2 aromatic carbocycles. The molecule has 4 rings (SSSR count). The van der Waals surface area contributed by atoms with Crippen LogP contribution in [0.25, 0.3) is 5.57 Å². The lowest BCUT2D eigenvalue weighted by atomic mass is 10.1. The van der Waals surface area contributed by atoms with Crippen molar-refractivity contribution in [1.82, 2.24) is 4.90 Å². The first-order valence-electron chi connectivity index (χ1n) is 10.6. The highest BCUT2D eigenvalue weighted by molar-refractivity contribution is 6.31. The first-order chi connectivity index (χ1) is 15.2. The molecule has 7 nitrogen and oxygen atoms in total. The van der Waals surface area contributed by atoms with E-state index in [1.807, 2.05) is 45.0 Å². The minimum atomic E-state index is -0.502. The molecule has 0 aromatic heterocycles. The zero-order valence-electron chi connectivity index (χ0n) is 18.4. The van der Waals surface area contributed by atoms with Crippen LogP contribution < -0.4 is 16.0 Å². The van der Waals surface area contributed by atoms with Crippen LogP contribution in [0, 0.1) is 5.82 Å². The Labute approximate surface area is 186 Å². The quantitative estimate of drug-likeness (QED) is 0.605. The van der Waals surface area contributed by atoms with Gasteiger partial charge in [0.05, 0.1) is 11.3 Å². The van der Waals surface area contributed by atoms with Gasteiger partial charge in [0.25, 0.3) is 5.91 Å². The summed E-state index contributed by atoms with van der Waals surface area (Å²) in [5.41, 5.74) is 2.85. The Morgan fingerprint density at radius 1 is 1.19 bits per heavy atom. The van der Waals surface area contributed by atoms with E-state index in [1.165, 1.54) is 12.1 Å². The Kier molecular flexibility index (Phi) is 5.78. The predicted molar refractivity (Wildman–Crippen MR) is 123 cm³/mol. The van der Waals surface area contributed by atoms with Gasteiger partial charge in [0.15, 0.2) is 0 Å². The second kappa shape index (κ2) is 8.53. The highest BCUT2D eigenvalue weighted by Crippen LogP contribution is 2.32. The number of hydrogen-bond acceptors (Lipinski definition) is 5. The van der Waals surface area contributed by atoms with Crippen molar-refractivity contribution in [2.75, 3.05) is 29.0 Å². The van der Waals surface area contributed by atoms with Crippen LogP contribution in [0.2, 0.25) is 0 Å². The molecule has 3 N–H and O–H groups in total. The molecule has 8 heteroatoms. The van der Waals surface area contributed by atoms with Crippen LogP contribution in [-0.4, -0.2) is 41.6 Å². The van der Waals surface area contributed by atoms with E-state index in [0.29, 0.717) is 29.9 Å². The fourth-order valence-electron chi connectivity index (χ4n) is 3.73. The van der Waals surface area contributed by atoms with Gasteiger partial charge < -0.3 is 25.6 Å². The van der Waals surface area contributed by atoms with Crippen molar-refractivity contribution < 1.29 is 18.7 Å². The second-order valence-electron chi connectivity index (χ2n) is 8.98. The third-order valence-corrected chi connectivity index (χ3v) is 5.24. The van der Waals surface area contributed by atoms with Gasteiger partial charge in [-0.15, -0.1) is 0 Å². The number of amides is 2. The topological polar surface area (TPSA) is 82.7 Å². The maximum Gasteiger partial charge on any atom is 0.410 e. The standard InChI is InChI=1S/C24H27FN4O3/c1-24(2,3)32-23(31)29-11-10-18(14-29)27-17-7-5-16(6-8-17)26-13-20-19-9-4-15(25)12-21(19)28-22(20)30/h4-9,12-13,18,26-27H,10-11,14H2,1-3H3,(H,28,30). The Morgan fingerprint density at radius 2 is 1.91 bits per heavy atom. The number of fused-ring (bicyclic) bond motifs is 1. The van der Waals surface area contributed by atoms with Gasteiger partial charge in [0, 0.05) is 42.3 Å². The van der Waals surface area contributed by atoms with E-state index < -0.39 is 11.4 Å². The summed E-state index contributed by atoms with van der Waals surface area (Å²) in [4.78, 5) is 26.1. The number of benzene rings is 2. The summed E-state index contributed by atoms with van der Waals surface area (Å²) < 4.78 is 18.8. The Bertz CT molecular complexity index is 1060. The van der Waals surface area contributed by atoms with E-state index in [1.54, 1.807) is 17.2 Å². The predicted octanol–water partition coefficient (Wildman–Crippen LogP) is 4.65. The zero-order valence-corrected chi connectivity index (χ0v) is 18.4. The van der Waals surface area contributed by atoms with Crippen LogP contribution in [0.3, 0.4) is 0 Å². The maximum absolute atomic E-state index is 13.4. The minimum absolute atomic E-state index is 0.155. The number of likely N-dealkylation sites (tertiary alicyclic amines) is 1. The number of carbonyl (C=O) groups excluding carboxylic acids is 2. The molecular weight excluding hydrogens is 411 g/mol. The molecule has 1 fully saturated rings. The summed E-state index contributed by atoms with van der Waals surface area (Å²) in [7, 11) is 0. The van der Waals surface area contributed by atoms with Gasteiger partial charge in [-0.25, -0.2) is 9.18 Å². The molecule has 1 saturated heterocycles. The lowest BCUT2D eigenvalue weighted by molar-refractivity contribution is -0.110. The highest BCUT2D eigenvalue weighted by atomic mass is 19.1. The molecule has 1 unspecified atom stereocenters. The summed E-state index contributed by atoms with van der Waals surface area (Å²) in [6.07, 6.45) is 2.19. The smallest absolute Gasteiger partial charge is 0.410 e. The number of carbonyl (C=O) groups is 2. The van der Waals surface area contributed by atoms with Gasteiger partial charge in [-0.3, -0.25) is 4.79 Å². The number of halogens is 1. The number of hydrogen-bond donors (Lipinski definition) is 3. The van der Waals surface area contributed by atoms with E-state index in [2.05, 4.69) is 16.0 Å². The summed E-state index contributed by atoms with van der Waals surface area (Å²) in [5.74, 6) is -0.662. The van der Waals surface area contributed by atoms with Crippen molar-refractivity contribution in [2.45, 2.75) is 38.8 Å². The molecule has 2 aliphatic rings. The molecule has 2 aromatic rings. The largest absolute Gasteiger partial charge is 0.444 e. The van der Waals surface area contributed by atoms with Crippen molar-refractivity contribution in [1.29, 1.82) is 0 Å². The van der Waals surface area contributed by atoms with E-state index in [-0.39, 0.29) is 18.0 Å². The zero-order chi connectivity index (χ0) is 22.9. The van der Waals surface area contributed by atoms with Gasteiger partial charge in [-0.1, -0.05) is 0 Å². The summed E-state index contributed by atoms with van der Waals surface area (Å²) >= 11 is 0. The molecule has 0 spiro atoms. The Hall–Kier alpha value is -3.55. The third kappa shape index (κ3) is 5.01. The molecule has 168 valence electrons. The average molecular weight is 439 g/mol. The van der Waals surface area contributed by atoms with Crippen LogP contribution in [0.4, 0.5) is 26.2 Å². The Morgan fingerprint density at radius 3 is 2.62 bits per heavy atom. The van der Waals surface area contributed by atoms with Gasteiger partial charge >= 0.3 is 6.09 Å². The lowest BCUT2D eigenvalue weighted by Gasteiger charge is -2.24. The summed E-state index contributed by atoms with van der Waals surface area (Å²) in [5, 5.41) is 9.23. The van der Waals surface area contributed by atoms with Crippen LogP contribution in [0.1, 0.15) is 32.8 Å². The normalized spacial score (nSPS) is 19.0. The third-order valence-electron chi connectivity index (χ3n) is 5.24. The molecule has 0 radical (unpaired) electrons. The molecule has 2 amide bonds. The van der Waals surface area contributed by atoms with Crippen LogP contribution >= 0.6 is 0 Å². The van der Waals surface area contributed by atoms with Crippen molar-refractivity contribution in [3.63, 3.8) is 0 Å². The summed E-state index contributed by atoms with van der Waals surface area (Å²) in [6.45, 7) is 6.84. The van der Waals surface area contributed by atoms with Crippen LogP contribution in [0.15, 0.2) is 48.7 Å². The lowest BCUT2D eigenvalue weighted by Crippen LogP contribution is -2.36. The van der Waals surface area contributed by atoms with E-state index in [9.17, 15) is 14.0 Å². The molecule has 0 bridgehead atoms. The van der Waals surface area contributed by atoms with Crippen molar-refractivity contribution in [3.05, 3.63) is 60.0 Å². The molecule has 2 aliphatic heterocycles. The molecule has 1 atom stereocenters. The fraction of sp³-hybridized carbons (Fsp3) is 0.333. The van der Waals surface area contributed by atoms with Crippen LogP contribution in [0.5, 0.6) is 0 Å². The highest BCUT2D eigenvalue weighted by Gasteiger charge is 2.29. The van der Waals surface area contributed by atoms with Gasteiger partial charge in [0.2, 0.25) is 0 Å². The van der Waals surface area contributed by atoms with Crippen molar-refractivity contribution in [2.24, 2.45) is 0 Å². The van der Waals surface area contributed by atoms with Gasteiger partial charge in [-0.2, -0.15) is 0 Å². The second-order valence-corrected chi connectivity index (χ2v) is 8.98. The Balaban J connectivity index is 1.33. The number of nitrogens with zero attached hydrogens (tertiary/aromatic N) is 1. The van der Waals surface area contributed by atoms with Crippen molar-refractivity contribution in [3.8, 4) is 0 Å². The first-order valence-corrected chi connectivity index (χ1v) is 10.6. The number of ether oxygens (including phenoxy) is 1. The van der Waals surface area contributed by atoms with E-state index in [4.69, 9.17) is 4.74 Å². The number of nitrogens with one attached hydrogen (secondary N) is 3. The summed E-state index contributed by atoms with van der Waals surface area (Å²) in [6, 6.07) is 12.1. The maximum atomic E-state index is 13.4. The number of rotatable bonds is 4. The van der Waals surface area contributed by atoms with E-state index >= 15 is 0 Å². The molecule has 0 saturated carbocycles. The monoisotopic (exact) mass is 438 g/mol.